The Kier molecular flexibility index (Phi) is 5.70. The number of nitrogens with one attached hydrogen (secondary N) is 1. The molecule has 0 spiro atoms. The first-order valence-electron chi connectivity index (χ1n) is 9.98. The second kappa shape index (κ2) is 8.44. The molecule has 0 atom stereocenters. The van der Waals surface area contributed by atoms with Gasteiger partial charge in [0.15, 0.2) is 12.2 Å². The number of ether oxygens (including phenoxy) is 1. The molecule has 0 unspecified atom stereocenters. The molecule has 0 radical (unpaired) electrons. The number of para-hydroxylation sites is 1. The molecule has 0 saturated heterocycles. The molecule has 1 amide bonds. The highest BCUT2D eigenvalue weighted by atomic mass is 35.5. The van der Waals surface area contributed by atoms with Crippen LogP contribution in [0.3, 0.4) is 0 Å². The third kappa shape index (κ3) is 4.89. The van der Waals surface area contributed by atoms with E-state index in [-0.39, 0.29) is 17.9 Å². The number of amides is 1. The highest BCUT2D eigenvalue weighted by Crippen LogP contribution is 2.29. The molecular weight excluding hydrogens is 412 g/mol. The molecule has 158 valence electrons. The quantitative estimate of drug-likeness (QED) is 0.391. The summed E-state index contributed by atoms with van der Waals surface area (Å²) < 4.78 is 11.4. The van der Waals surface area contributed by atoms with E-state index in [2.05, 4.69) is 43.2 Å². The van der Waals surface area contributed by atoms with E-state index in [1.54, 1.807) is 42.5 Å². The molecule has 0 aliphatic carbocycles. The molecule has 0 fully saturated rings. The van der Waals surface area contributed by atoms with Crippen LogP contribution in [-0.4, -0.2) is 17.5 Å². The number of halogens is 1. The summed E-state index contributed by atoms with van der Waals surface area (Å²) in [5, 5.41) is 3.27. The topological polar surface area (TPSA) is 64.4 Å². The van der Waals surface area contributed by atoms with Gasteiger partial charge in [-0.05, 0) is 53.4 Å². The zero-order chi connectivity index (χ0) is 22.0. The Balaban J connectivity index is 1.46. The second-order valence-corrected chi connectivity index (χ2v) is 8.70. The molecule has 6 heteroatoms. The molecule has 1 aromatic heterocycles. The fourth-order valence-corrected chi connectivity index (χ4v) is 3.33. The van der Waals surface area contributed by atoms with Crippen LogP contribution >= 0.6 is 11.6 Å². The first kappa shape index (κ1) is 20.9. The summed E-state index contributed by atoms with van der Waals surface area (Å²) in [7, 11) is 0. The number of hydrogen-bond acceptors (Lipinski definition) is 4. The number of aromatic nitrogens is 1. The van der Waals surface area contributed by atoms with Crippen LogP contribution in [0.15, 0.2) is 71.1 Å². The van der Waals surface area contributed by atoms with Crippen molar-refractivity contribution in [2.45, 2.75) is 26.2 Å². The molecule has 0 bridgehead atoms. The Morgan fingerprint density at radius 2 is 1.81 bits per heavy atom. The van der Waals surface area contributed by atoms with E-state index in [0.717, 1.165) is 5.56 Å². The van der Waals surface area contributed by atoms with Crippen LogP contribution in [0.4, 0.5) is 5.69 Å². The van der Waals surface area contributed by atoms with Crippen LogP contribution in [0.25, 0.3) is 22.6 Å². The number of oxazole rings is 1. The van der Waals surface area contributed by atoms with Crippen molar-refractivity contribution >= 4 is 34.3 Å². The van der Waals surface area contributed by atoms with Crippen molar-refractivity contribution in [1.29, 1.82) is 0 Å². The highest BCUT2D eigenvalue weighted by Gasteiger charge is 2.15. The van der Waals surface area contributed by atoms with E-state index in [9.17, 15) is 4.79 Å². The smallest absolute Gasteiger partial charge is 0.262 e. The minimum Gasteiger partial charge on any atom is -0.482 e. The Morgan fingerprint density at radius 3 is 2.52 bits per heavy atom. The minimum atomic E-state index is -0.291. The monoisotopic (exact) mass is 434 g/mol. The van der Waals surface area contributed by atoms with Crippen LogP contribution in [-0.2, 0) is 10.2 Å². The predicted octanol–water partition coefficient (Wildman–Crippen LogP) is 6.46. The Bertz CT molecular complexity index is 1220. The summed E-state index contributed by atoms with van der Waals surface area (Å²) in [4.78, 5) is 16.8. The van der Waals surface area contributed by atoms with Crippen molar-refractivity contribution in [3.63, 3.8) is 0 Å². The predicted molar refractivity (Wildman–Crippen MR) is 124 cm³/mol. The van der Waals surface area contributed by atoms with Gasteiger partial charge in [0, 0.05) is 11.3 Å². The number of carbonyl (C=O) groups excluding carboxylic acids is 1. The molecule has 1 N–H and O–H groups in total. The van der Waals surface area contributed by atoms with Crippen LogP contribution in [0.2, 0.25) is 5.02 Å². The molecule has 3 aromatic carbocycles. The maximum Gasteiger partial charge on any atom is 0.262 e. The fraction of sp³-hybridized carbons (Fsp3) is 0.200. The fourth-order valence-electron chi connectivity index (χ4n) is 3.14. The van der Waals surface area contributed by atoms with Crippen molar-refractivity contribution in [3.8, 4) is 17.2 Å². The second-order valence-electron chi connectivity index (χ2n) is 8.30. The molecule has 0 aliphatic heterocycles. The van der Waals surface area contributed by atoms with Crippen molar-refractivity contribution in [2.75, 3.05) is 11.9 Å². The molecule has 0 aliphatic rings. The maximum absolute atomic E-state index is 12.2. The van der Waals surface area contributed by atoms with Crippen LogP contribution < -0.4 is 10.1 Å². The Hall–Kier alpha value is -3.31. The van der Waals surface area contributed by atoms with Crippen LogP contribution in [0, 0.1) is 0 Å². The summed E-state index contributed by atoms with van der Waals surface area (Å²) in [6.07, 6.45) is 0. The summed E-state index contributed by atoms with van der Waals surface area (Å²) >= 11 is 6.04. The number of hydrogen-bond donors (Lipinski definition) is 1. The molecule has 5 nitrogen and oxygen atoms in total. The van der Waals surface area contributed by atoms with Gasteiger partial charge in [-0.2, -0.15) is 0 Å². The average Bonchev–Trinajstić information content (AvgIpc) is 3.16. The maximum atomic E-state index is 12.2. The van der Waals surface area contributed by atoms with Gasteiger partial charge >= 0.3 is 0 Å². The largest absolute Gasteiger partial charge is 0.482 e. The first-order valence-corrected chi connectivity index (χ1v) is 10.4. The zero-order valence-electron chi connectivity index (χ0n) is 17.6. The SMILES string of the molecule is CC(C)(C)c1ccc(-c2nc3cc(NC(=O)COc4ccccc4Cl)ccc3o2)cc1. The van der Waals surface area contributed by atoms with Crippen LogP contribution in [0.1, 0.15) is 26.3 Å². The van der Waals surface area contributed by atoms with E-state index in [4.69, 9.17) is 20.8 Å². The number of benzene rings is 3. The number of anilines is 1. The van der Waals surface area contributed by atoms with Gasteiger partial charge in [-0.15, -0.1) is 0 Å². The van der Waals surface area contributed by atoms with Crippen molar-refractivity contribution in [2.24, 2.45) is 0 Å². The van der Waals surface area contributed by atoms with Gasteiger partial charge < -0.3 is 14.5 Å². The van der Waals surface area contributed by atoms with Crippen LogP contribution in [0.5, 0.6) is 5.75 Å². The Labute approximate surface area is 186 Å². The number of carbonyl (C=O) groups is 1. The summed E-state index contributed by atoms with van der Waals surface area (Å²) in [6.45, 7) is 6.39. The minimum absolute atomic E-state index is 0.0858. The first-order chi connectivity index (χ1) is 14.8. The van der Waals surface area contributed by atoms with Crippen molar-refractivity contribution in [3.05, 3.63) is 77.3 Å². The van der Waals surface area contributed by atoms with Crippen molar-refractivity contribution < 1.29 is 13.9 Å². The van der Waals surface area contributed by atoms with Gasteiger partial charge in [0.1, 0.15) is 11.3 Å². The highest BCUT2D eigenvalue weighted by molar-refractivity contribution is 6.32. The van der Waals surface area contributed by atoms with Gasteiger partial charge in [0.2, 0.25) is 5.89 Å². The van der Waals surface area contributed by atoms with Gasteiger partial charge in [-0.3, -0.25) is 4.79 Å². The molecule has 4 aromatic rings. The number of rotatable bonds is 5. The van der Waals surface area contributed by atoms with E-state index >= 15 is 0 Å². The number of fused-ring (bicyclic) bond motifs is 1. The van der Waals surface area contributed by atoms with E-state index in [1.807, 2.05) is 12.1 Å². The average molecular weight is 435 g/mol. The molecule has 1 heterocycles. The van der Waals surface area contributed by atoms with Crippen molar-refractivity contribution in [1.82, 2.24) is 4.98 Å². The Morgan fingerprint density at radius 1 is 1.06 bits per heavy atom. The standard InChI is InChI=1S/C25H23ClN2O3/c1-25(2,3)17-10-8-16(9-11-17)24-28-20-14-18(12-13-22(20)31-24)27-23(29)15-30-21-7-5-4-6-19(21)26/h4-14H,15H2,1-3H3,(H,27,29). The number of nitrogens with zero attached hydrogens (tertiary/aromatic N) is 1. The van der Waals surface area contributed by atoms with E-state index in [0.29, 0.717) is 33.4 Å². The van der Waals surface area contributed by atoms with E-state index in [1.165, 1.54) is 5.56 Å². The molecule has 31 heavy (non-hydrogen) atoms. The molecular formula is C25H23ClN2O3. The van der Waals surface area contributed by atoms with Gasteiger partial charge in [0.25, 0.3) is 5.91 Å². The lowest BCUT2D eigenvalue weighted by Crippen LogP contribution is -2.20. The third-order valence-electron chi connectivity index (χ3n) is 4.86. The molecule has 4 rings (SSSR count). The lowest BCUT2D eigenvalue weighted by atomic mass is 9.87. The lowest BCUT2D eigenvalue weighted by molar-refractivity contribution is -0.118. The molecule has 0 saturated carbocycles. The summed E-state index contributed by atoms with van der Waals surface area (Å²) in [5.41, 5.74) is 4.17. The van der Waals surface area contributed by atoms with Gasteiger partial charge in [0.05, 0.1) is 5.02 Å². The van der Waals surface area contributed by atoms with E-state index < -0.39 is 0 Å². The normalized spacial score (nSPS) is 11.5. The lowest BCUT2D eigenvalue weighted by Gasteiger charge is -2.18. The van der Waals surface area contributed by atoms with Gasteiger partial charge in [-0.1, -0.05) is 56.6 Å². The van der Waals surface area contributed by atoms with Gasteiger partial charge in [-0.25, -0.2) is 4.98 Å². The summed E-state index contributed by atoms with van der Waals surface area (Å²) in [5.74, 6) is 0.718. The third-order valence-corrected chi connectivity index (χ3v) is 5.18. The zero-order valence-corrected chi connectivity index (χ0v) is 18.4. The summed E-state index contributed by atoms with van der Waals surface area (Å²) in [6, 6.07) is 20.6.